The van der Waals surface area contributed by atoms with Crippen LogP contribution >= 0.6 is 0 Å². The third kappa shape index (κ3) is 2.72. The zero-order valence-electron chi connectivity index (χ0n) is 10.9. The SMILES string of the molecule is O=C(O)c1cccc([N+](=O)[O-])c1N1CCCC(CO)C1. The van der Waals surface area contributed by atoms with Gasteiger partial charge in [-0.1, -0.05) is 6.07 Å². The van der Waals surface area contributed by atoms with Crippen LogP contribution < -0.4 is 4.90 Å². The Hall–Kier alpha value is -2.15. The van der Waals surface area contributed by atoms with Crippen molar-refractivity contribution in [1.29, 1.82) is 0 Å². The van der Waals surface area contributed by atoms with Crippen LogP contribution in [0.4, 0.5) is 11.4 Å². The Morgan fingerprint density at radius 2 is 2.25 bits per heavy atom. The number of para-hydroxylation sites is 1. The van der Waals surface area contributed by atoms with Gasteiger partial charge in [-0.25, -0.2) is 4.79 Å². The number of rotatable bonds is 4. The number of piperidine rings is 1. The van der Waals surface area contributed by atoms with E-state index in [4.69, 9.17) is 0 Å². The van der Waals surface area contributed by atoms with Gasteiger partial charge in [-0.3, -0.25) is 10.1 Å². The van der Waals surface area contributed by atoms with E-state index < -0.39 is 10.9 Å². The second-order valence-electron chi connectivity index (χ2n) is 4.87. The number of hydrogen-bond acceptors (Lipinski definition) is 5. The van der Waals surface area contributed by atoms with E-state index >= 15 is 0 Å². The van der Waals surface area contributed by atoms with Gasteiger partial charge >= 0.3 is 5.97 Å². The molecule has 1 aromatic carbocycles. The fourth-order valence-corrected chi connectivity index (χ4v) is 2.60. The van der Waals surface area contributed by atoms with Crippen molar-refractivity contribution >= 4 is 17.3 Å². The van der Waals surface area contributed by atoms with Gasteiger partial charge in [-0.05, 0) is 24.8 Å². The number of carboxylic acid groups (broad SMARTS) is 1. The first kappa shape index (κ1) is 14.3. The van der Waals surface area contributed by atoms with Gasteiger partial charge in [0.15, 0.2) is 0 Å². The van der Waals surface area contributed by atoms with Gasteiger partial charge in [-0.2, -0.15) is 0 Å². The molecule has 0 aromatic heterocycles. The maximum absolute atomic E-state index is 11.3. The van der Waals surface area contributed by atoms with Crippen molar-refractivity contribution in [1.82, 2.24) is 0 Å². The van der Waals surface area contributed by atoms with Crippen LogP contribution in [0, 0.1) is 16.0 Å². The molecule has 7 heteroatoms. The molecule has 1 atom stereocenters. The summed E-state index contributed by atoms with van der Waals surface area (Å²) in [5.41, 5.74) is -0.135. The van der Waals surface area contributed by atoms with E-state index in [0.717, 1.165) is 12.8 Å². The molecule has 1 saturated heterocycles. The Morgan fingerprint density at radius 3 is 2.85 bits per heavy atom. The number of aliphatic hydroxyl groups excluding tert-OH is 1. The lowest BCUT2D eigenvalue weighted by atomic mass is 9.97. The number of anilines is 1. The van der Waals surface area contributed by atoms with Crippen LogP contribution in [0.2, 0.25) is 0 Å². The molecular formula is C13H16N2O5. The summed E-state index contributed by atoms with van der Waals surface area (Å²) in [6.07, 6.45) is 1.62. The largest absolute Gasteiger partial charge is 0.478 e. The molecule has 7 nitrogen and oxygen atoms in total. The third-order valence-corrected chi connectivity index (χ3v) is 3.54. The van der Waals surface area contributed by atoms with E-state index in [9.17, 15) is 25.1 Å². The van der Waals surface area contributed by atoms with E-state index in [2.05, 4.69) is 0 Å². The molecule has 0 spiro atoms. The highest BCUT2D eigenvalue weighted by Gasteiger charge is 2.29. The summed E-state index contributed by atoms with van der Waals surface area (Å²) in [5, 5.41) is 29.6. The lowest BCUT2D eigenvalue weighted by molar-refractivity contribution is -0.384. The van der Waals surface area contributed by atoms with Gasteiger partial charge in [0.2, 0.25) is 0 Å². The van der Waals surface area contributed by atoms with Crippen LogP contribution in [-0.4, -0.2) is 40.8 Å². The van der Waals surface area contributed by atoms with Crippen LogP contribution in [0.15, 0.2) is 18.2 Å². The summed E-state index contributed by atoms with van der Waals surface area (Å²) in [5.74, 6) is -1.17. The predicted octanol–water partition coefficient (Wildman–Crippen LogP) is 1.50. The molecule has 108 valence electrons. The smallest absolute Gasteiger partial charge is 0.338 e. The van der Waals surface area contributed by atoms with Gasteiger partial charge in [0.25, 0.3) is 5.69 Å². The quantitative estimate of drug-likeness (QED) is 0.639. The number of nitro benzene ring substituents is 1. The average Bonchev–Trinajstić information content (AvgIpc) is 2.46. The summed E-state index contributed by atoms with van der Waals surface area (Å²) in [7, 11) is 0. The molecular weight excluding hydrogens is 264 g/mol. The normalized spacial score (nSPS) is 18.9. The molecule has 20 heavy (non-hydrogen) atoms. The number of nitrogens with zero attached hydrogens (tertiary/aromatic N) is 2. The fraction of sp³-hybridized carbons (Fsp3) is 0.462. The van der Waals surface area contributed by atoms with Crippen LogP contribution in [0.1, 0.15) is 23.2 Å². The predicted molar refractivity (Wildman–Crippen MR) is 72.1 cm³/mol. The topological polar surface area (TPSA) is 104 Å². The summed E-state index contributed by atoms with van der Waals surface area (Å²) in [4.78, 5) is 23.6. The molecule has 2 rings (SSSR count). The molecule has 0 bridgehead atoms. The van der Waals surface area contributed by atoms with Crippen molar-refractivity contribution in [3.05, 3.63) is 33.9 Å². The number of nitro groups is 1. The van der Waals surface area contributed by atoms with Crippen LogP contribution in [0.3, 0.4) is 0 Å². The molecule has 1 heterocycles. The number of hydrogen-bond donors (Lipinski definition) is 2. The van der Waals surface area contributed by atoms with Gasteiger partial charge in [0, 0.05) is 25.8 Å². The van der Waals surface area contributed by atoms with E-state index in [1.165, 1.54) is 18.2 Å². The maximum atomic E-state index is 11.3. The number of carbonyl (C=O) groups is 1. The second kappa shape index (κ2) is 5.87. The summed E-state index contributed by atoms with van der Waals surface area (Å²) < 4.78 is 0. The Morgan fingerprint density at radius 1 is 1.50 bits per heavy atom. The second-order valence-corrected chi connectivity index (χ2v) is 4.87. The zero-order valence-corrected chi connectivity index (χ0v) is 10.9. The number of aliphatic hydroxyl groups is 1. The molecule has 1 unspecified atom stereocenters. The number of benzene rings is 1. The van der Waals surface area contributed by atoms with Crippen molar-refractivity contribution < 1.29 is 19.9 Å². The molecule has 1 aromatic rings. The van der Waals surface area contributed by atoms with Crippen molar-refractivity contribution in [3.63, 3.8) is 0 Å². The minimum absolute atomic E-state index is 0.000460. The monoisotopic (exact) mass is 280 g/mol. The lowest BCUT2D eigenvalue weighted by Crippen LogP contribution is -2.38. The van der Waals surface area contributed by atoms with E-state index in [1.807, 2.05) is 0 Å². The van der Waals surface area contributed by atoms with E-state index in [1.54, 1.807) is 4.90 Å². The molecule has 0 amide bonds. The van der Waals surface area contributed by atoms with Gasteiger partial charge in [0.1, 0.15) is 5.69 Å². The highest BCUT2D eigenvalue weighted by atomic mass is 16.6. The van der Waals surface area contributed by atoms with Crippen molar-refractivity contribution in [2.45, 2.75) is 12.8 Å². The Kier molecular flexibility index (Phi) is 4.19. The Bertz CT molecular complexity index is 499. The first-order chi connectivity index (χ1) is 9.54. The van der Waals surface area contributed by atoms with Gasteiger partial charge in [-0.15, -0.1) is 0 Å². The van der Waals surface area contributed by atoms with Crippen LogP contribution in [0.5, 0.6) is 0 Å². The zero-order chi connectivity index (χ0) is 14.7. The molecule has 1 aliphatic rings. The number of carboxylic acids is 1. The minimum Gasteiger partial charge on any atom is -0.478 e. The average molecular weight is 280 g/mol. The van der Waals surface area contributed by atoms with Crippen LogP contribution in [-0.2, 0) is 0 Å². The molecule has 0 aliphatic carbocycles. The highest BCUT2D eigenvalue weighted by Crippen LogP contribution is 2.34. The Labute approximate surface area is 115 Å². The first-order valence-electron chi connectivity index (χ1n) is 6.41. The van der Waals surface area contributed by atoms with E-state index in [0.29, 0.717) is 13.1 Å². The van der Waals surface area contributed by atoms with Crippen molar-refractivity contribution in [2.75, 3.05) is 24.6 Å². The summed E-state index contributed by atoms with van der Waals surface area (Å²) in [6.45, 7) is 0.989. The van der Waals surface area contributed by atoms with Gasteiger partial charge in [0.05, 0.1) is 10.5 Å². The third-order valence-electron chi connectivity index (χ3n) is 3.54. The summed E-state index contributed by atoms with van der Waals surface area (Å²) >= 11 is 0. The van der Waals surface area contributed by atoms with Crippen molar-refractivity contribution in [2.24, 2.45) is 5.92 Å². The molecule has 0 radical (unpaired) electrons. The highest BCUT2D eigenvalue weighted by molar-refractivity contribution is 5.97. The first-order valence-corrected chi connectivity index (χ1v) is 6.41. The fourth-order valence-electron chi connectivity index (χ4n) is 2.60. The Balaban J connectivity index is 2.47. The molecule has 0 saturated carbocycles. The van der Waals surface area contributed by atoms with Gasteiger partial charge < -0.3 is 15.1 Å². The van der Waals surface area contributed by atoms with E-state index in [-0.39, 0.29) is 29.5 Å². The number of aromatic carboxylic acids is 1. The molecule has 1 aliphatic heterocycles. The lowest BCUT2D eigenvalue weighted by Gasteiger charge is -2.33. The van der Waals surface area contributed by atoms with Crippen LogP contribution in [0.25, 0.3) is 0 Å². The standard InChI is InChI=1S/C13H16N2O5/c16-8-9-3-2-6-14(7-9)12-10(13(17)18)4-1-5-11(12)15(19)20/h1,4-5,9,16H,2-3,6-8H2,(H,17,18). The molecule has 1 fully saturated rings. The molecule has 2 N–H and O–H groups in total. The van der Waals surface area contributed by atoms with Crippen molar-refractivity contribution in [3.8, 4) is 0 Å². The maximum Gasteiger partial charge on any atom is 0.338 e. The minimum atomic E-state index is -1.19. The summed E-state index contributed by atoms with van der Waals surface area (Å²) in [6, 6.07) is 4.05.